The zero-order valence-electron chi connectivity index (χ0n) is 19.1. The Morgan fingerprint density at radius 2 is 1.79 bits per heavy atom. The van der Waals surface area contributed by atoms with Crippen LogP contribution < -0.4 is 15.2 Å². The molecule has 1 N–H and O–H groups in total. The highest BCUT2D eigenvalue weighted by Crippen LogP contribution is 2.42. The second-order valence-electron chi connectivity index (χ2n) is 8.50. The summed E-state index contributed by atoms with van der Waals surface area (Å²) < 4.78 is 5.60. The van der Waals surface area contributed by atoms with Gasteiger partial charge in [0, 0.05) is 24.0 Å². The van der Waals surface area contributed by atoms with Gasteiger partial charge >= 0.3 is 0 Å². The molecule has 0 radical (unpaired) electrons. The van der Waals surface area contributed by atoms with Crippen molar-refractivity contribution < 1.29 is 9.53 Å². The zero-order valence-corrected chi connectivity index (χ0v) is 20.6. The quantitative estimate of drug-likeness (QED) is 0.553. The van der Waals surface area contributed by atoms with Crippen LogP contribution in [0, 0.1) is 5.92 Å². The average molecular weight is 489 g/mol. The minimum atomic E-state index is -0.191. The number of halogens is 2. The highest BCUT2D eigenvalue weighted by molar-refractivity contribution is 6.41. The van der Waals surface area contributed by atoms with Crippen molar-refractivity contribution in [3.8, 4) is 5.75 Å². The number of rotatable bonds is 6. The maximum absolute atomic E-state index is 13.3. The molecule has 0 aliphatic carbocycles. The van der Waals surface area contributed by atoms with E-state index in [0.29, 0.717) is 28.1 Å². The van der Waals surface area contributed by atoms with E-state index in [4.69, 9.17) is 33.0 Å². The lowest BCUT2D eigenvalue weighted by atomic mass is 9.91. The van der Waals surface area contributed by atoms with Gasteiger partial charge in [-0.15, -0.1) is 0 Å². The number of nitrogens with zero attached hydrogens (tertiary/aromatic N) is 3. The highest BCUT2D eigenvalue weighted by Gasteiger charge is 2.40. The van der Waals surface area contributed by atoms with E-state index in [-0.39, 0.29) is 17.9 Å². The van der Waals surface area contributed by atoms with Crippen LogP contribution in [0.3, 0.4) is 0 Å². The predicted molar refractivity (Wildman–Crippen MR) is 134 cm³/mol. The molecule has 2 aromatic carbocycles. The van der Waals surface area contributed by atoms with Crippen molar-refractivity contribution in [1.29, 1.82) is 0 Å². The molecule has 33 heavy (non-hydrogen) atoms. The number of benzene rings is 2. The summed E-state index contributed by atoms with van der Waals surface area (Å²) in [4.78, 5) is 13.3. The van der Waals surface area contributed by atoms with Crippen molar-refractivity contribution in [1.82, 2.24) is 10.4 Å². The topological polar surface area (TPSA) is 57.2 Å². The second kappa shape index (κ2) is 10.8. The van der Waals surface area contributed by atoms with Gasteiger partial charge in [0.05, 0.1) is 23.4 Å². The third-order valence-electron chi connectivity index (χ3n) is 6.17. The van der Waals surface area contributed by atoms with Gasteiger partial charge in [0.15, 0.2) is 0 Å². The number of amides is 1. The van der Waals surface area contributed by atoms with E-state index >= 15 is 0 Å². The lowest BCUT2D eigenvalue weighted by Gasteiger charge is -2.28. The average Bonchev–Trinajstić information content (AvgIpc) is 2.95. The minimum absolute atomic E-state index is 0.151. The van der Waals surface area contributed by atoms with Gasteiger partial charge in [-0.1, -0.05) is 55.1 Å². The molecule has 0 unspecified atom stereocenters. The van der Waals surface area contributed by atoms with Gasteiger partial charge in [-0.25, -0.2) is 5.01 Å². The van der Waals surface area contributed by atoms with Crippen molar-refractivity contribution in [3.63, 3.8) is 0 Å². The summed E-state index contributed by atoms with van der Waals surface area (Å²) in [6, 6.07) is 13.1. The number of ether oxygens (including phenoxy) is 1. The molecule has 0 saturated carbocycles. The van der Waals surface area contributed by atoms with E-state index in [1.54, 1.807) is 12.1 Å². The van der Waals surface area contributed by atoms with Crippen molar-refractivity contribution in [2.75, 3.05) is 24.7 Å². The first-order valence-electron chi connectivity index (χ1n) is 11.6. The SMILES string of the molecule is CCOc1ccc([C@@H]2[C@H](C)C(C(=O)NN3CCCCCC3)=NN2c2ccc(Cl)cc2Cl)cc1. The number of hydrazone groups is 1. The monoisotopic (exact) mass is 488 g/mol. The Bertz CT molecular complexity index is 1000. The molecule has 6 nitrogen and oxygen atoms in total. The first kappa shape index (κ1) is 23.9. The van der Waals surface area contributed by atoms with Crippen LogP contribution in [0.2, 0.25) is 10.0 Å². The van der Waals surface area contributed by atoms with E-state index in [1.165, 1.54) is 12.8 Å². The third kappa shape index (κ3) is 5.45. The minimum Gasteiger partial charge on any atom is -0.494 e. The first-order valence-corrected chi connectivity index (χ1v) is 12.3. The van der Waals surface area contributed by atoms with Gasteiger partial charge in [-0.3, -0.25) is 15.2 Å². The summed E-state index contributed by atoms with van der Waals surface area (Å²) in [6.45, 7) is 6.33. The Morgan fingerprint density at radius 1 is 1.09 bits per heavy atom. The molecule has 2 aliphatic rings. The summed E-state index contributed by atoms with van der Waals surface area (Å²) in [7, 11) is 0. The van der Waals surface area contributed by atoms with Crippen molar-refractivity contribution in [3.05, 3.63) is 58.1 Å². The fourth-order valence-electron chi connectivity index (χ4n) is 4.49. The Kier molecular flexibility index (Phi) is 7.78. The third-order valence-corrected chi connectivity index (χ3v) is 6.71. The number of hydrazine groups is 1. The number of carbonyl (C=O) groups is 1. The van der Waals surface area contributed by atoms with Gasteiger partial charge in [0.25, 0.3) is 5.91 Å². The fraction of sp³-hybridized carbons (Fsp3) is 0.440. The molecular formula is C25H30Cl2N4O2. The molecular weight excluding hydrogens is 459 g/mol. The van der Waals surface area contributed by atoms with E-state index in [2.05, 4.69) is 5.43 Å². The van der Waals surface area contributed by atoms with Crippen molar-refractivity contribution in [2.45, 2.75) is 45.6 Å². The number of anilines is 1. The Labute approximate surface area is 205 Å². The number of hydrogen-bond acceptors (Lipinski definition) is 5. The molecule has 2 aliphatic heterocycles. The molecule has 0 spiro atoms. The maximum atomic E-state index is 13.3. The van der Waals surface area contributed by atoms with E-state index in [0.717, 1.165) is 37.2 Å². The van der Waals surface area contributed by atoms with Crippen LogP contribution in [0.5, 0.6) is 5.75 Å². The van der Waals surface area contributed by atoms with Crippen LogP contribution in [0.25, 0.3) is 0 Å². The standard InChI is InChI=1S/C25H30Cl2N4O2/c1-3-33-20-11-8-18(9-12-20)24-17(2)23(25(32)29-30-14-6-4-5-7-15-30)28-31(24)22-13-10-19(26)16-21(22)27/h8-13,16-17,24H,3-7,14-15H2,1-2H3,(H,29,32)/t17-,24+/m1/s1. The largest absolute Gasteiger partial charge is 0.494 e. The summed E-state index contributed by atoms with van der Waals surface area (Å²) >= 11 is 12.7. The fourth-order valence-corrected chi connectivity index (χ4v) is 4.99. The lowest BCUT2D eigenvalue weighted by molar-refractivity contribution is -0.119. The molecule has 2 aromatic rings. The number of hydrogen-bond donors (Lipinski definition) is 1. The normalized spacial score (nSPS) is 21.5. The molecule has 4 rings (SSSR count). The molecule has 1 saturated heterocycles. The Hall–Kier alpha value is -2.28. The van der Waals surface area contributed by atoms with E-state index < -0.39 is 0 Å². The van der Waals surface area contributed by atoms with Gasteiger partial charge < -0.3 is 4.74 Å². The maximum Gasteiger partial charge on any atom is 0.282 e. The summed E-state index contributed by atoms with van der Waals surface area (Å²) in [5.74, 6) is 0.498. The summed E-state index contributed by atoms with van der Waals surface area (Å²) in [5, 5.41) is 9.70. The highest BCUT2D eigenvalue weighted by atomic mass is 35.5. The van der Waals surface area contributed by atoms with Gasteiger partial charge in [0.1, 0.15) is 11.5 Å². The van der Waals surface area contributed by atoms with Crippen LogP contribution in [-0.4, -0.2) is 36.3 Å². The van der Waals surface area contributed by atoms with E-state index in [1.807, 2.05) is 54.2 Å². The van der Waals surface area contributed by atoms with Crippen LogP contribution in [0.1, 0.15) is 51.1 Å². The Morgan fingerprint density at radius 3 is 2.42 bits per heavy atom. The lowest BCUT2D eigenvalue weighted by Crippen LogP contribution is -2.46. The van der Waals surface area contributed by atoms with Crippen LogP contribution in [0.4, 0.5) is 5.69 Å². The van der Waals surface area contributed by atoms with Gasteiger partial charge in [-0.05, 0) is 55.7 Å². The number of nitrogens with one attached hydrogen (secondary N) is 1. The predicted octanol–water partition coefficient (Wildman–Crippen LogP) is 5.85. The zero-order chi connectivity index (χ0) is 23.4. The molecule has 0 aromatic heterocycles. The Balaban J connectivity index is 1.65. The van der Waals surface area contributed by atoms with Crippen LogP contribution in [0.15, 0.2) is 47.6 Å². The molecule has 8 heteroatoms. The molecule has 2 atom stereocenters. The van der Waals surface area contributed by atoms with Crippen LogP contribution >= 0.6 is 23.2 Å². The molecule has 2 heterocycles. The summed E-state index contributed by atoms with van der Waals surface area (Å²) in [6.07, 6.45) is 4.58. The molecule has 176 valence electrons. The number of carbonyl (C=O) groups excluding carboxylic acids is 1. The van der Waals surface area contributed by atoms with Gasteiger partial charge in [-0.2, -0.15) is 5.10 Å². The van der Waals surface area contributed by atoms with E-state index in [9.17, 15) is 4.79 Å². The van der Waals surface area contributed by atoms with Gasteiger partial charge in [0.2, 0.25) is 0 Å². The van der Waals surface area contributed by atoms with Crippen LogP contribution in [-0.2, 0) is 4.79 Å². The summed E-state index contributed by atoms with van der Waals surface area (Å²) in [5.41, 5.74) is 5.32. The second-order valence-corrected chi connectivity index (χ2v) is 9.35. The first-order chi connectivity index (χ1) is 16.0. The smallest absolute Gasteiger partial charge is 0.282 e. The molecule has 1 fully saturated rings. The molecule has 1 amide bonds. The van der Waals surface area contributed by atoms with Crippen molar-refractivity contribution >= 4 is 40.5 Å². The van der Waals surface area contributed by atoms with Crippen molar-refractivity contribution in [2.24, 2.45) is 11.0 Å². The molecule has 0 bridgehead atoms.